The van der Waals surface area contributed by atoms with Gasteiger partial charge < -0.3 is 5.32 Å². The molecule has 1 nitrogen and oxygen atoms in total. The van der Waals surface area contributed by atoms with Gasteiger partial charge in [-0.15, -0.1) is 0 Å². The van der Waals surface area contributed by atoms with Crippen molar-refractivity contribution in [1.29, 1.82) is 0 Å². The first kappa shape index (κ1) is 14.0. The fourth-order valence-corrected chi connectivity index (χ4v) is 1.95. The molecule has 0 aromatic heterocycles. The summed E-state index contributed by atoms with van der Waals surface area (Å²) in [6, 6.07) is 0. The van der Waals surface area contributed by atoms with Gasteiger partial charge in [0.1, 0.15) is 0 Å². The Bertz CT molecular complexity index is 176. The molecule has 0 fully saturated rings. The maximum Gasteiger partial charge on any atom is 0.0206 e. The summed E-state index contributed by atoms with van der Waals surface area (Å²) in [5.74, 6) is 0. The van der Waals surface area contributed by atoms with Crippen molar-refractivity contribution in [3.05, 3.63) is 0 Å². The molecule has 0 rings (SSSR count). The molecule has 0 saturated carbocycles. The predicted molar refractivity (Wildman–Crippen MR) is 65.7 cm³/mol. The van der Waals surface area contributed by atoms with E-state index in [4.69, 9.17) is 0 Å². The maximum absolute atomic E-state index is 3.77. The van der Waals surface area contributed by atoms with E-state index in [1.165, 1.54) is 12.8 Å². The fraction of sp³-hybridized carbons (Fsp3) is 1.00. The van der Waals surface area contributed by atoms with E-state index in [1.54, 1.807) is 0 Å². The lowest BCUT2D eigenvalue weighted by Crippen LogP contribution is -2.59. The van der Waals surface area contributed by atoms with E-state index in [9.17, 15) is 0 Å². The van der Waals surface area contributed by atoms with E-state index in [1.807, 2.05) is 0 Å². The molecular formula is C13H29N. The van der Waals surface area contributed by atoms with Crippen molar-refractivity contribution < 1.29 is 0 Å². The van der Waals surface area contributed by atoms with Gasteiger partial charge in [-0.2, -0.15) is 0 Å². The molecule has 0 aliphatic heterocycles. The van der Waals surface area contributed by atoms with Crippen molar-refractivity contribution in [2.75, 3.05) is 0 Å². The average molecular weight is 199 g/mol. The normalized spacial score (nSPS) is 18.0. The second kappa shape index (κ2) is 4.22. The standard InChI is InChI=1S/C13H29N/c1-9-12(6,7)13(8,10-2)14-11(3,4)5/h14H,9-10H2,1-8H3. The first-order valence-electron chi connectivity index (χ1n) is 5.87. The lowest BCUT2D eigenvalue weighted by Gasteiger charge is -2.48. The second-order valence-electron chi connectivity index (χ2n) is 6.30. The van der Waals surface area contributed by atoms with Crippen LogP contribution in [0.4, 0.5) is 0 Å². The van der Waals surface area contributed by atoms with Crippen molar-refractivity contribution in [1.82, 2.24) is 5.32 Å². The summed E-state index contributed by atoms with van der Waals surface area (Å²) >= 11 is 0. The molecule has 0 aliphatic carbocycles. The highest BCUT2D eigenvalue weighted by Gasteiger charge is 2.40. The van der Waals surface area contributed by atoms with E-state index >= 15 is 0 Å². The number of hydrogen-bond donors (Lipinski definition) is 1. The Balaban J connectivity index is 4.81. The summed E-state index contributed by atoms with van der Waals surface area (Å²) in [6.45, 7) is 18.3. The third-order valence-corrected chi connectivity index (χ3v) is 3.74. The van der Waals surface area contributed by atoms with Crippen LogP contribution in [0.5, 0.6) is 0 Å². The average Bonchev–Trinajstić information content (AvgIpc) is 2.01. The Labute approximate surface area is 90.7 Å². The van der Waals surface area contributed by atoms with Crippen LogP contribution in [0, 0.1) is 5.41 Å². The molecule has 0 heterocycles. The van der Waals surface area contributed by atoms with Gasteiger partial charge in [0.05, 0.1) is 0 Å². The zero-order chi connectivity index (χ0) is 11.6. The SMILES string of the molecule is CCC(C)(C)C(C)(CC)NC(C)(C)C. The van der Waals surface area contributed by atoms with Crippen LogP contribution in [0.15, 0.2) is 0 Å². The Kier molecular flexibility index (Phi) is 4.21. The fourth-order valence-electron chi connectivity index (χ4n) is 1.95. The first-order chi connectivity index (χ1) is 6.08. The van der Waals surface area contributed by atoms with E-state index in [-0.39, 0.29) is 11.1 Å². The molecule has 0 bridgehead atoms. The van der Waals surface area contributed by atoms with Gasteiger partial charge in [0.25, 0.3) is 0 Å². The van der Waals surface area contributed by atoms with E-state index in [2.05, 4.69) is 60.7 Å². The molecule has 0 aliphatic rings. The predicted octanol–water partition coefficient (Wildman–Crippen LogP) is 3.98. The molecule has 86 valence electrons. The van der Waals surface area contributed by atoms with Crippen molar-refractivity contribution in [3.8, 4) is 0 Å². The van der Waals surface area contributed by atoms with Crippen LogP contribution in [-0.2, 0) is 0 Å². The summed E-state index contributed by atoms with van der Waals surface area (Å²) in [5, 5.41) is 3.77. The van der Waals surface area contributed by atoms with Gasteiger partial charge in [-0.25, -0.2) is 0 Å². The smallest absolute Gasteiger partial charge is 0.0206 e. The summed E-state index contributed by atoms with van der Waals surface area (Å²) in [6.07, 6.45) is 2.38. The summed E-state index contributed by atoms with van der Waals surface area (Å²) in [4.78, 5) is 0. The summed E-state index contributed by atoms with van der Waals surface area (Å²) in [5.41, 5.74) is 0.756. The molecular weight excluding hydrogens is 170 g/mol. The Morgan fingerprint density at radius 1 is 0.786 bits per heavy atom. The zero-order valence-electron chi connectivity index (χ0n) is 11.4. The topological polar surface area (TPSA) is 12.0 Å². The minimum Gasteiger partial charge on any atom is -0.306 e. The van der Waals surface area contributed by atoms with Crippen LogP contribution in [0.25, 0.3) is 0 Å². The molecule has 1 unspecified atom stereocenters. The molecule has 1 atom stereocenters. The highest BCUT2D eigenvalue weighted by Crippen LogP contribution is 2.37. The van der Waals surface area contributed by atoms with Crippen LogP contribution < -0.4 is 5.32 Å². The van der Waals surface area contributed by atoms with Gasteiger partial charge in [0.15, 0.2) is 0 Å². The molecule has 0 aromatic rings. The molecule has 1 heteroatoms. The molecule has 0 aromatic carbocycles. The van der Waals surface area contributed by atoms with Crippen LogP contribution in [-0.4, -0.2) is 11.1 Å². The summed E-state index contributed by atoms with van der Waals surface area (Å²) < 4.78 is 0. The molecule has 1 N–H and O–H groups in total. The van der Waals surface area contributed by atoms with Crippen molar-refractivity contribution in [2.45, 2.75) is 79.3 Å². The van der Waals surface area contributed by atoms with Crippen molar-refractivity contribution in [3.63, 3.8) is 0 Å². The molecule has 0 radical (unpaired) electrons. The van der Waals surface area contributed by atoms with E-state index < -0.39 is 0 Å². The molecule has 0 amide bonds. The highest BCUT2D eigenvalue weighted by molar-refractivity contribution is 4.98. The third kappa shape index (κ3) is 3.27. The van der Waals surface area contributed by atoms with E-state index in [0.717, 1.165) is 0 Å². The largest absolute Gasteiger partial charge is 0.306 e. The van der Waals surface area contributed by atoms with Crippen molar-refractivity contribution >= 4 is 0 Å². The Morgan fingerprint density at radius 3 is 1.43 bits per heavy atom. The van der Waals surface area contributed by atoms with Crippen LogP contribution in [0.2, 0.25) is 0 Å². The van der Waals surface area contributed by atoms with Gasteiger partial charge in [0.2, 0.25) is 0 Å². The Morgan fingerprint density at radius 2 is 1.21 bits per heavy atom. The zero-order valence-corrected chi connectivity index (χ0v) is 11.4. The first-order valence-corrected chi connectivity index (χ1v) is 5.87. The lowest BCUT2D eigenvalue weighted by atomic mass is 9.69. The quantitative estimate of drug-likeness (QED) is 0.722. The molecule has 0 spiro atoms. The minimum absolute atomic E-state index is 0.192. The monoisotopic (exact) mass is 199 g/mol. The third-order valence-electron chi connectivity index (χ3n) is 3.74. The maximum atomic E-state index is 3.77. The van der Waals surface area contributed by atoms with Gasteiger partial charge in [-0.1, -0.05) is 27.7 Å². The van der Waals surface area contributed by atoms with Gasteiger partial charge in [-0.3, -0.25) is 0 Å². The van der Waals surface area contributed by atoms with Gasteiger partial charge in [0, 0.05) is 11.1 Å². The number of nitrogens with one attached hydrogen (secondary N) is 1. The van der Waals surface area contributed by atoms with Gasteiger partial charge >= 0.3 is 0 Å². The number of rotatable bonds is 4. The second-order valence-corrected chi connectivity index (χ2v) is 6.30. The number of hydrogen-bond acceptors (Lipinski definition) is 1. The van der Waals surface area contributed by atoms with E-state index in [0.29, 0.717) is 5.41 Å². The van der Waals surface area contributed by atoms with Crippen LogP contribution >= 0.6 is 0 Å². The Hall–Kier alpha value is -0.0400. The minimum atomic E-state index is 0.192. The highest BCUT2D eigenvalue weighted by atomic mass is 15.0. The molecule has 0 saturated heterocycles. The molecule has 14 heavy (non-hydrogen) atoms. The van der Waals surface area contributed by atoms with Gasteiger partial charge in [-0.05, 0) is 46.0 Å². The van der Waals surface area contributed by atoms with Crippen molar-refractivity contribution in [2.24, 2.45) is 5.41 Å². The summed E-state index contributed by atoms with van der Waals surface area (Å²) in [7, 11) is 0. The van der Waals surface area contributed by atoms with Crippen LogP contribution in [0.1, 0.15) is 68.2 Å². The van der Waals surface area contributed by atoms with Crippen LogP contribution in [0.3, 0.4) is 0 Å². The lowest BCUT2D eigenvalue weighted by molar-refractivity contribution is 0.0936.